The van der Waals surface area contributed by atoms with Gasteiger partial charge >= 0.3 is 0 Å². The summed E-state index contributed by atoms with van der Waals surface area (Å²) in [5, 5.41) is 0. The molecule has 15 heavy (non-hydrogen) atoms. The van der Waals surface area contributed by atoms with E-state index in [0.29, 0.717) is 11.7 Å². The molecule has 0 N–H and O–H groups in total. The average molecular weight is 206 g/mol. The first-order valence-corrected chi connectivity index (χ1v) is 6.57. The molecule has 2 rings (SSSR count). The molecular formula is C14H22O. The van der Waals surface area contributed by atoms with E-state index in [1.807, 2.05) is 6.08 Å². The average Bonchev–Trinajstić information content (AvgIpc) is 2.23. The maximum Gasteiger partial charge on any atom is 0.155 e. The molecule has 1 atom stereocenters. The van der Waals surface area contributed by atoms with Crippen LogP contribution in [0.3, 0.4) is 0 Å². The van der Waals surface area contributed by atoms with Gasteiger partial charge in [0, 0.05) is 6.42 Å². The Balaban J connectivity index is 1.98. The van der Waals surface area contributed by atoms with Crippen LogP contribution in [0.1, 0.15) is 64.2 Å². The van der Waals surface area contributed by atoms with Crippen LogP contribution in [0.2, 0.25) is 0 Å². The SMILES string of the molecule is O=C1C=C2CCCCCCCCC(C1)C2. The van der Waals surface area contributed by atoms with Gasteiger partial charge in [-0.25, -0.2) is 0 Å². The second kappa shape index (κ2) is 5.48. The molecule has 0 amide bonds. The van der Waals surface area contributed by atoms with Crippen molar-refractivity contribution in [3.05, 3.63) is 11.6 Å². The predicted octanol–water partition coefficient (Wildman–Crippen LogP) is 4.03. The van der Waals surface area contributed by atoms with Gasteiger partial charge in [0.25, 0.3) is 0 Å². The summed E-state index contributed by atoms with van der Waals surface area (Å²) in [6, 6.07) is 0. The van der Waals surface area contributed by atoms with Gasteiger partial charge in [-0.1, -0.05) is 37.7 Å². The lowest BCUT2D eigenvalue weighted by molar-refractivity contribution is -0.116. The van der Waals surface area contributed by atoms with Crippen molar-refractivity contribution in [3.63, 3.8) is 0 Å². The van der Waals surface area contributed by atoms with E-state index in [0.717, 1.165) is 6.42 Å². The number of hydrogen-bond donors (Lipinski definition) is 0. The molecule has 1 saturated carbocycles. The first-order chi connectivity index (χ1) is 7.34. The third kappa shape index (κ3) is 3.48. The lowest BCUT2D eigenvalue weighted by atomic mass is 9.83. The predicted molar refractivity (Wildman–Crippen MR) is 62.8 cm³/mol. The van der Waals surface area contributed by atoms with Crippen molar-refractivity contribution >= 4 is 5.78 Å². The number of ketones is 1. The summed E-state index contributed by atoms with van der Waals surface area (Å²) in [6.45, 7) is 0. The van der Waals surface area contributed by atoms with E-state index in [1.54, 1.807) is 0 Å². The first kappa shape index (κ1) is 10.9. The highest BCUT2D eigenvalue weighted by Crippen LogP contribution is 2.30. The maximum absolute atomic E-state index is 11.5. The number of carbonyl (C=O) groups excluding carboxylic acids is 1. The van der Waals surface area contributed by atoms with Crippen molar-refractivity contribution in [2.45, 2.75) is 64.2 Å². The number of allylic oxidation sites excluding steroid dienone is 2. The zero-order valence-corrected chi connectivity index (χ0v) is 9.63. The Morgan fingerprint density at radius 3 is 2.53 bits per heavy atom. The molecule has 0 heterocycles. The van der Waals surface area contributed by atoms with Crippen molar-refractivity contribution in [1.82, 2.24) is 0 Å². The Labute approximate surface area is 92.9 Å². The van der Waals surface area contributed by atoms with Crippen molar-refractivity contribution < 1.29 is 4.79 Å². The lowest BCUT2D eigenvalue weighted by Crippen LogP contribution is -2.14. The Kier molecular flexibility index (Phi) is 3.99. The molecule has 0 aromatic heterocycles. The molecule has 0 radical (unpaired) electrons. The van der Waals surface area contributed by atoms with Crippen LogP contribution in [0.5, 0.6) is 0 Å². The topological polar surface area (TPSA) is 17.1 Å². The van der Waals surface area contributed by atoms with E-state index in [-0.39, 0.29) is 0 Å². The third-order valence-corrected chi connectivity index (χ3v) is 3.77. The van der Waals surface area contributed by atoms with E-state index in [2.05, 4.69) is 0 Å². The second-order valence-corrected chi connectivity index (χ2v) is 5.20. The molecule has 84 valence electrons. The smallest absolute Gasteiger partial charge is 0.155 e. The highest BCUT2D eigenvalue weighted by molar-refractivity contribution is 5.91. The fraction of sp³-hybridized carbons (Fsp3) is 0.786. The number of rotatable bonds is 0. The van der Waals surface area contributed by atoms with Gasteiger partial charge in [-0.3, -0.25) is 4.79 Å². The monoisotopic (exact) mass is 206 g/mol. The van der Waals surface area contributed by atoms with Crippen molar-refractivity contribution in [1.29, 1.82) is 0 Å². The molecule has 2 bridgehead atoms. The minimum absolute atomic E-state index is 0.389. The van der Waals surface area contributed by atoms with Crippen LogP contribution in [0.25, 0.3) is 0 Å². The molecule has 2 aliphatic rings. The van der Waals surface area contributed by atoms with Crippen molar-refractivity contribution in [2.24, 2.45) is 5.92 Å². The highest BCUT2D eigenvalue weighted by atomic mass is 16.1. The van der Waals surface area contributed by atoms with Crippen molar-refractivity contribution in [3.8, 4) is 0 Å². The molecule has 1 heteroatoms. The Hall–Kier alpha value is -0.590. The Morgan fingerprint density at radius 1 is 0.933 bits per heavy atom. The summed E-state index contributed by atoms with van der Waals surface area (Å²) in [6.07, 6.45) is 14.6. The van der Waals surface area contributed by atoms with Gasteiger partial charge in [0.05, 0.1) is 0 Å². The zero-order chi connectivity index (χ0) is 10.5. The summed E-state index contributed by atoms with van der Waals surface area (Å²) in [5.74, 6) is 1.07. The standard InChI is InChI=1S/C14H22O/c15-14-10-12-7-5-3-1-2-4-6-8-13(9-12)11-14/h10,13H,1-9,11H2. The Bertz CT molecular complexity index is 252. The van der Waals surface area contributed by atoms with E-state index in [4.69, 9.17) is 0 Å². The summed E-state index contributed by atoms with van der Waals surface area (Å²) >= 11 is 0. The molecule has 2 aliphatic carbocycles. The molecule has 0 aromatic rings. The zero-order valence-electron chi connectivity index (χ0n) is 9.63. The fourth-order valence-electron chi connectivity index (χ4n) is 2.94. The quantitative estimate of drug-likeness (QED) is 0.585. The van der Waals surface area contributed by atoms with Gasteiger partial charge < -0.3 is 0 Å². The van der Waals surface area contributed by atoms with Crippen LogP contribution in [0, 0.1) is 5.92 Å². The van der Waals surface area contributed by atoms with Crippen LogP contribution in [0.4, 0.5) is 0 Å². The van der Waals surface area contributed by atoms with Crippen LogP contribution >= 0.6 is 0 Å². The molecule has 1 unspecified atom stereocenters. The first-order valence-electron chi connectivity index (χ1n) is 6.57. The Morgan fingerprint density at radius 2 is 1.67 bits per heavy atom. The molecule has 1 nitrogen and oxygen atoms in total. The van der Waals surface area contributed by atoms with Crippen LogP contribution in [0.15, 0.2) is 11.6 Å². The molecule has 0 spiro atoms. The number of fused-ring (bicyclic) bond motifs is 2. The molecule has 0 aliphatic heterocycles. The second-order valence-electron chi connectivity index (χ2n) is 5.20. The lowest BCUT2D eigenvalue weighted by Gasteiger charge is -2.21. The maximum atomic E-state index is 11.5. The summed E-state index contributed by atoms with van der Waals surface area (Å²) in [5.41, 5.74) is 1.44. The van der Waals surface area contributed by atoms with Gasteiger partial charge in [0.15, 0.2) is 5.78 Å². The van der Waals surface area contributed by atoms with Gasteiger partial charge in [0.1, 0.15) is 0 Å². The molecule has 0 aromatic carbocycles. The third-order valence-electron chi connectivity index (χ3n) is 3.77. The van der Waals surface area contributed by atoms with Gasteiger partial charge in [-0.2, -0.15) is 0 Å². The fourth-order valence-corrected chi connectivity index (χ4v) is 2.94. The number of hydrogen-bond acceptors (Lipinski definition) is 1. The largest absolute Gasteiger partial charge is 0.295 e. The molecule has 0 saturated heterocycles. The van der Waals surface area contributed by atoms with Gasteiger partial charge in [0.2, 0.25) is 0 Å². The molecule has 1 fully saturated rings. The summed E-state index contributed by atoms with van der Waals surface area (Å²) < 4.78 is 0. The van der Waals surface area contributed by atoms with Crippen LogP contribution in [-0.2, 0) is 4.79 Å². The van der Waals surface area contributed by atoms with Gasteiger partial charge in [-0.05, 0) is 37.7 Å². The normalized spacial score (nSPS) is 29.2. The number of carbonyl (C=O) groups is 1. The summed E-state index contributed by atoms with van der Waals surface area (Å²) in [4.78, 5) is 11.5. The van der Waals surface area contributed by atoms with E-state index in [1.165, 1.54) is 63.4 Å². The van der Waals surface area contributed by atoms with Crippen LogP contribution < -0.4 is 0 Å². The van der Waals surface area contributed by atoms with E-state index in [9.17, 15) is 4.79 Å². The minimum Gasteiger partial charge on any atom is -0.295 e. The van der Waals surface area contributed by atoms with Crippen LogP contribution in [-0.4, -0.2) is 5.78 Å². The van der Waals surface area contributed by atoms with Crippen molar-refractivity contribution in [2.75, 3.05) is 0 Å². The van der Waals surface area contributed by atoms with Gasteiger partial charge in [-0.15, -0.1) is 0 Å². The van der Waals surface area contributed by atoms with E-state index < -0.39 is 0 Å². The van der Waals surface area contributed by atoms with E-state index >= 15 is 0 Å². The molecular weight excluding hydrogens is 184 g/mol. The summed E-state index contributed by atoms with van der Waals surface area (Å²) in [7, 11) is 0. The highest BCUT2D eigenvalue weighted by Gasteiger charge is 2.20. The minimum atomic E-state index is 0.389.